The minimum absolute atomic E-state index is 0.231. The molecule has 0 spiro atoms. The van der Waals surface area contributed by atoms with Crippen molar-refractivity contribution in [3.63, 3.8) is 0 Å². The van der Waals surface area contributed by atoms with Crippen LogP contribution in [0.2, 0.25) is 10.0 Å². The predicted octanol–water partition coefficient (Wildman–Crippen LogP) is 5.60. The fourth-order valence-corrected chi connectivity index (χ4v) is 4.35. The smallest absolute Gasteiger partial charge is 0.257 e. The van der Waals surface area contributed by atoms with E-state index in [1.165, 1.54) is 18.2 Å². The fraction of sp³-hybridized carbons (Fsp3) is 0.400. The first kappa shape index (κ1) is 28.6. The Kier molecular flexibility index (Phi) is 11.5. The number of likely N-dealkylation sites (tertiary alicyclic amines) is 1. The Morgan fingerprint density at radius 1 is 1.15 bits per heavy atom. The SMILES string of the molecule is CC.CC.CN1CCCC1(C(=O)N(C=O)c1cc(Cl)cc(Cl)c1)C(O)c1ccc(C#N)cc1. The molecule has 2 aromatic rings. The van der Waals surface area contributed by atoms with Crippen molar-refractivity contribution in [3.05, 3.63) is 63.6 Å². The number of aliphatic hydroxyl groups is 1. The van der Waals surface area contributed by atoms with Crippen LogP contribution in [0.4, 0.5) is 5.69 Å². The third-order valence-electron chi connectivity index (χ3n) is 5.36. The summed E-state index contributed by atoms with van der Waals surface area (Å²) in [6.45, 7) is 8.59. The Hall–Kier alpha value is -2.43. The van der Waals surface area contributed by atoms with Crippen LogP contribution in [0.5, 0.6) is 0 Å². The molecule has 0 radical (unpaired) electrons. The molecule has 2 aromatic carbocycles. The molecule has 1 heterocycles. The largest absolute Gasteiger partial charge is 0.386 e. The summed E-state index contributed by atoms with van der Waals surface area (Å²) in [5.41, 5.74) is -0.177. The third-order valence-corrected chi connectivity index (χ3v) is 5.80. The summed E-state index contributed by atoms with van der Waals surface area (Å²) in [7, 11) is 1.74. The van der Waals surface area contributed by atoms with Crippen molar-refractivity contribution in [2.75, 3.05) is 18.5 Å². The van der Waals surface area contributed by atoms with E-state index >= 15 is 0 Å². The van der Waals surface area contributed by atoms with E-state index in [-0.39, 0.29) is 15.7 Å². The minimum atomic E-state index is -1.34. The number of nitriles is 1. The monoisotopic (exact) mass is 491 g/mol. The van der Waals surface area contributed by atoms with E-state index in [0.29, 0.717) is 36.9 Å². The van der Waals surface area contributed by atoms with Gasteiger partial charge in [0.1, 0.15) is 11.6 Å². The number of hydrogen-bond acceptors (Lipinski definition) is 5. The van der Waals surface area contributed by atoms with Gasteiger partial charge in [-0.05, 0) is 62.3 Å². The van der Waals surface area contributed by atoms with Gasteiger partial charge in [0, 0.05) is 10.0 Å². The lowest BCUT2D eigenvalue weighted by Crippen LogP contribution is -2.59. The van der Waals surface area contributed by atoms with Crippen LogP contribution in [0, 0.1) is 11.3 Å². The molecule has 8 heteroatoms. The number of hydrogen-bond donors (Lipinski definition) is 1. The summed E-state index contributed by atoms with van der Waals surface area (Å²) in [6, 6.07) is 12.9. The summed E-state index contributed by atoms with van der Waals surface area (Å²) < 4.78 is 0. The first-order chi connectivity index (χ1) is 15.8. The number of rotatable bonds is 5. The highest BCUT2D eigenvalue weighted by atomic mass is 35.5. The molecule has 0 saturated carbocycles. The molecule has 0 aromatic heterocycles. The highest BCUT2D eigenvalue weighted by Crippen LogP contribution is 2.41. The van der Waals surface area contributed by atoms with Crippen LogP contribution in [0.15, 0.2) is 42.5 Å². The number of carbonyl (C=O) groups excluding carboxylic acids is 2. The van der Waals surface area contributed by atoms with Crippen LogP contribution in [-0.4, -0.2) is 41.5 Å². The standard InChI is InChI=1S/C21H19Cl2N3O3.2C2H6/c1-25-8-2-7-21(25,19(28)15-5-3-14(12-24)4-6-15)20(29)26(13-27)18-10-16(22)9-17(23)11-18;2*1-2/h3-6,9-11,13,19,28H,2,7-8H2,1H3;2*1-2H3. The quantitative estimate of drug-likeness (QED) is 0.549. The molecule has 2 atom stereocenters. The van der Waals surface area contributed by atoms with Gasteiger partial charge >= 0.3 is 0 Å². The lowest BCUT2D eigenvalue weighted by atomic mass is 9.83. The van der Waals surface area contributed by atoms with E-state index in [4.69, 9.17) is 28.5 Å². The van der Waals surface area contributed by atoms with Crippen LogP contribution >= 0.6 is 23.2 Å². The second-order valence-electron chi connectivity index (χ2n) is 6.99. The van der Waals surface area contributed by atoms with E-state index in [1.807, 2.05) is 33.8 Å². The van der Waals surface area contributed by atoms with Gasteiger partial charge in [0.2, 0.25) is 6.41 Å². The van der Waals surface area contributed by atoms with Gasteiger partial charge in [-0.2, -0.15) is 5.26 Å². The molecule has 0 aliphatic carbocycles. The zero-order chi connectivity index (χ0) is 25.2. The summed E-state index contributed by atoms with van der Waals surface area (Å²) in [6.07, 6.45) is 0.247. The van der Waals surface area contributed by atoms with Gasteiger partial charge in [-0.15, -0.1) is 0 Å². The Morgan fingerprint density at radius 2 is 1.70 bits per heavy atom. The van der Waals surface area contributed by atoms with Crippen LogP contribution in [0.1, 0.15) is 57.8 Å². The number of carbonyl (C=O) groups is 2. The van der Waals surface area contributed by atoms with E-state index < -0.39 is 17.6 Å². The van der Waals surface area contributed by atoms with Crippen molar-refractivity contribution < 1.29 is 14.7 Å². The molecule has 33 heavy (non-hydrogen) atoms. The van der Waals surface area contributed by atoms with Gasteiger partial charge in [-0.25, -0.2) is 0 Å². The summed E-state index contributed by atoms with van der Waals surface area (Å²) >= 11 is 12.1. The lowest BCUT2D eigenvalue weighted by Gasteiger charge is -2.40. The topological polar surface area (TPSA) is 84.6 Å². The molecule has 3 rings (SSSR count). The van der Waals surface area contributed by atoms with Crippen LogP contribution in [-0.2, 0) is 9.59 Å². The van der Waals surface area contributed by atoms with E-state index in [9.17, 15) is 14.7 Å². The van der Waals surface area contributed by atoms with E-state index in [0.717, 1.165) is 4.90 Å². The second kappa shape index (κ2) is 13.3. The van der Waals surface area contributed by atoms with Gasteiger partial charge in [0.05, 0.1) is 17.3 Å². The molecule has 1 aliphatic rings. The zero-order valence-electron chi connectivity index (χ0n) is 19.7. The highest BCUT2D eigenvalue weighted by molar-refractivity contribution is 6.35. The maximum atomic E-state index is 13.6. The average molecular weight is 492 g/mol. The van der Waals surface area contributed by atoms with E-state index in [1.54, 1.807) is 36.2 Å². The zero-order valence-corrected chi connectivity index (χ0v) is 21.2. The minimum Gasteiger partial charge on any atom is -0.386 e. The third kappa shape index (κ3) is 6.13. The molecule has 6 nitrogen and oxygen atoms in total. The van der Waals surface area contributed by atoms with Crippen molar-refractivity contribution in [1.29, 1.82) is 5.26 Å². The summed E-state index contributed by atoms with van der Waals surface area (Å²) in [5.74, 6) is -0.567. The number of aliphatic hydroxyl groups excluding tert-OH is 1. The number of likely N-dealkylation sites (N-methyl/N-ethyl adjacent to an activating group) is 1. The van der Waals surface area contributed by atoms with Gasteiger partial charge in [0.15, 0.2) is 0 Å². The average Bonchev–Trinajstić information content (AvgIpc) is 3.23. The first-order valence-corrected chi connectivity index (χ1v) is 11.7. The Balaban J connectivity index is 0.00000129. The van der Waals surface area contributed by atoms with Crippen LogP contribution < -0.4 is 4.90 Å². The molecule has 178 valence electrons. The molecule has 2 unspecified atom stereocenters. The molecule has 1 saturated heterocycles. The molecule has 0 bridgehead atoms. The van der Waals surface area contributed by atoms with Crippen molar-refractivity contribution in [3.8, 4) is 6.07 Å². The molecule has 1 fully saturated rings. The number of imide groups is 1. The Labute approximate surface area is 206 Å². The number of benzene rings is 2. The first-order valence-electron chi connectivity index (χ1n) is 11.0. The highest BCUT2D eigenvalue weighted by Gasteiger charge is 2.53. The lowest BCUT2D eigenvalue weighted by molar-refractivity contribution is -0.137. The van der Waals surface area contributed by atoms with Crippen LogP contribution in [0.3, 0.4) is 0 Å². The Morgan fingerprint density at radius 3 is 2.12 bits per heavy atom. The van der Waals surface area contributed by atoms with Gasteiger partial charge < -0.3 is 5.11 Å². The number of nitrogens with zero attached hydrogens (tertiary/aromatic N) is 3. The number of halogens is 2. The number of amides is 2. The molecule has 2 amide bonds. The second-order valence-corrected chi connectivity index (χ2v) is 7.87. The summed E-state index contributed by atoms with van der Waals surface area (Å²) in [4.78, 5) is 28.2. The molecule has 1 N–H and O–H groups in total. The van der Waals surface area contributed by atoms with Crippen molar-refractivity contribution in [2.45, 2.75) is 52.2 Å². The summed E-state index contributed by atoms with van der Waals surface area (Å²) in [5, 5.41) is 20.8. The maximum Gasteiger partial charge on any atom is 0.257 e. The Bertz CT molecular complexity index is 956. The fourth-order valence-electron chi connectivity index (χ4n) is 3.84. The van der Waals surface area contributed by atoms with Gasteiger partial charge in [-0.1, -0.05) is 63.0 Å². The molecular formula is C25H31Cl2N3O3. The maximum absolute atomic E-state index is 13.6. The number of anilines is 1. The van der Waals surface area contributed by atoms with Crippen molar-refractivity contribution >= 4 is 41.2 Å². The predicted molar refractivity (Wildman–Crippen MR) is 133 cm³/mol. The van der Waals surface area contributed by atoms with E-state index in [2.05, 4.69) is 0 Å². The molecule has 1 aliphatic heterocycles. The van der Waals surface area contributed by atoms with Crippen molar-refractivity contribution in [2.24, 2.45) is 0 Å². The van der Waals surface area contributed by atoms with Crippen molar-refractivity contribution in [1.82, 2.24) is 4.90 Å². The van der Waals surface area contributed by atoms with Crippen LogP contribution in [0.25, 0.3) is 0 Å². The normalized spacial score (nSPS) is 18.0. The van der Waals surface area contributed by atoms with Gasteiger partial charge in [0.25, 0.3) is 5.91 Å². The van der Waals surface area contributed by atoms with Gasteiger partial charge in [-0.3, -0.25) is 19.4 Å². The molecular weight excluding hydrogens is 461 g/mol.